The number of nitrogens with zero attached hydrogens (tertiary/aromatic N) is 2. The third-order valence-corrected chi connectivity index (χ3v) is 11.6. The number of nitrogens with one attached hydrogen (secondary N) is 1. The van der Waals surface area contributed by atoms with Crippen LogP contribution in [0.1, 0.15) is 59.3 Å². The number of halogens is 2. The predicted molar refractivity (Wildman–Crippen MR) is 224 cm³/mol. The smallest absolute Gasteiger partial charge is 0.411 e. The van der Waals surface area contributed by atoms with Crippen molar-refractivity contribution in [3.8, 4) is 34.4 Å². The average Bonchev–Trinajstić information content (AvgIpc) is 3.26. The van der Waals surface area contributed by atoms with Gasteiger partial charge in [-0.05, 0) is 101 Å². The lowest BCUT2D eigenvalue weighted by molar-refractivity contribution is -0.127. The molecule has 12 heteroatoms. The summed E-state index contributed by atoms with van der Waals surface area (Å²) in [6.07, 6.45) is 0.944. The van der Waals surface area contributed by atoms with Crippen LogP contribution in [0.15, 0.2) is 103 Å². The number of benzene rings is 5. The van der Waals surface area contributed by atoms with E-state index in [0.717, 1.165) is 38.9 Å². The van der Waals surface area contributed by atoms with Crippen LogP contribution in [0.25, 0.3) is 11.1 Å². The molecule has 2 amide bonds. The van der Waals surface area contributed by atoms with Gasteiger partial charge in [0.25, 0.3) is 0 Å². The molecule has 1 N–H and O–H groups in total. The molecule has 5 aromatic carbocycles. The summed E-state index contributed by atoms with van der Waals surface area (Å²) < 4.78 is 30.2. The topological polar surface area (TPSA) is 119 Å². The lowest BCUT2D eigenvalue weighted by atomic mass is 9.92. The molecule has 302 valence electrons. The maximum absolute atomic E-state index is 14.1. The summed E-state index contributed by atoms with van der Waals surface area (Å²) in [6, 6.07) is 33.7. The van der Waals surface area contributed by atoms with Crippen molar-refractivity contribution in [3.05, 3.63) is 147 Å². The van der Waals surface area contributed by atoms with Gasteiger partial charge in [0, 0.05) is 25.3 Å². The molecule has 3 aliphatic heterocycles. The van der Waals surface area contributed by atoms with Crippen LogP contribution in [0.4, 0.5) is 4.79 Å². The third kappa shape index (κ3) is 9.60. The zero-order valence-corrected chi connectivity index (χ0v) is 34.0. The zero-order valence-electron chi connectivity index (χ0n) is 32.5. The van der Waals surface area contributed by atoms with Crippen molar-refractivity contribution in [3.63, 3.8) is 0 Å². The quantitative estimate of drug-likeness (QED) is 0.148. The van der Waals surface area contributed by atoms with Gasteiger partial charge in [-0.1, -0.05) is 77.8 Å². The second-order valence-corrected chi connectivity index (χ2v) is 15.9. The minimum atomic E-state index is -0.788. The van der Waals surface area contributed by atoms with Gasteiger partial charge in [0.05, 0.1) is 41.4 Å². The fourth-order valence-electron chi connectivity index (χ4n) is 7.63. The van der Waals surface area contributed by atoms with Gasteiger partial charge in [0.1, 0.15) is 31.1 Å². The fourth-order valence-corrected chi connectivity index (χ4v) is 7.96. The van der Waals surface area contributed by atoms with E-state index in [2.05, 4.69) is 11.4 Å². The van der Waals surface area contributed by atoms with Crippen molar-refractivity contribution >= 4 is 35.2 Å². The standard InChI is InChI=1S/C47H43Cl2N3O7/c1-29(20-30-2-7-33(8-3-30)34-9-4-31(25-50)5-10-34)51-46(53)42-22-36-23-43-44(24-37(36)26-52(42)47(54)58-39-16-18-55-19-17-39)59-45(28-57-43)35-11-13-38(14-12-35)56-27-32-6-15-40(48)41(49)21-32/h2-15,21,23-24,29,39,42,45H,16-20,22,26-28H2,1H3,(H,51,53). The molecule has 1 fully saturated rings. The first-order valence-corrected chi connectivity index (χ1v) is 20.5. The van der Waals surface area contributed by atoms with Crippen LogP contribution in [0.3, 0.4) is 0 Å². The van der Waals surface area contributed by atoms with Gasteiger partial charge in [0.2, 0.25) is 5.91 Å². The first kappa shape index (κ1) is 40.1. The summed E-state index contributed by atoms with van der Waals surface area (Å²) in [6.45, 7) is 3.83. The first-order valence-electron chi connectivity index (χ1n) is 19.8. The molecule has 8 rings (SSSR count). The molecule has 0 aliphatic carbocycles. The average molecular weight is 833 g/mol. The van der Waals surface area contributed by atoms with Gasteiger partial charge in [-0.25, -0.2) is 4.79 Å². The normalized spacial score (nSPS) is 17.9. The van der Waals surface area contributed by atoms with E-state index in [1.807, 2.05) is 85.8 Å². The highest BCUT2D eigenvalue weighted by molar-refractivity contribution is 6.42. The molecule has 0 bridgehead atoms. The van der Waals surface area contributed by atoms with E-state index in [0.29, 0.717) is 85.0 Å². The SMILES string of the molecule is CC(Cc1ccc(-c2ccc(C#N)cc2)cc1)NC(=O)C1Cc2cc3c(cc2CN1C(=O)OC1CCOCC1)OC(c1ccc(OCc2ccc(Cl)c(Cl)c2)cc1)CO3. The van der Waals surface area contributed by atoms with Crippen LogP contribution in [0, 0.1) is 11.3 Å². The predicted octanol–water partition coefficient (Wildman–Crippen LogP) is 9.41. The van der Waals surface area contributed by atoms with Gasteiger partial charge in [-0.2, -0.15) is 5.26 Å². The number of hydrogen-bond acceptors (Lipinski definition) is 8. The maximum Gasteiger partial charge on any atom is 0.411 e. The molecule has 1 saturated heterocycles. The van der Waals surface area contributed by atoms with Crippen molar-refractivity contribution in [1.29, 1.82) is 5.26 Å². The summed E-state index contributed by atoms with van der Waals surface area (Å²) in [4.78, 5) is 29.5. The Morgan fingerprint density at radius 2 is 1.56 bits per heavy atom. The Labute approximate surface area is 353 Å². The summed E-state index contributed by atoms with van der Waals surface area (Å²) in [5.74, 6) is 1.61. The highest BCUT2D eigenvalue weighted by atomic mass is 35.5. The first-order chi connectivity index (χ1) is 28.7. The fraction of sp³-hybridized carbons (Fsp3) is 0.298. The molecule has 3 heterocycles. The minimum Gasteiger partial charge on any atom is -0.489 e. The molecule has 0 aromatic heterocycles. The van der Waals surface area contributed by atoms with Gasteiger partial charge in [0.15, 0.2) is 17.6 Å². The van der Waals surface area contributed by atoms with Crippen molar-refractivity contribution in [1.82, 2.24) is 10.2 Å². The van der Waals surface area contributed by atoms with Crippen LogP contribution >= 0.6 is 23.2 Å². The van der Waals surface area contributed by atoms with Gasteiger partial charge < -0.3 is 29.0 Å². The summed E-state index contributed by atoms with van der Waals surface area (Å²) in [7, 11) is 0. The highest BCUT2D eigenvalue weighted by Crippen LogP contribution is 2.41. The Kier molecular flexibility index (Phi) is 12.3. The lowest BCUT2D eigenvalue weighted by Crippen LogP contribution is -2.54. The second kappa shape index (κ2) is 18.0. The third-order valence-electron chi connectivity index (χ3n) is 10.9. The van der Waals surface area contributed by atoms with Crippen LogP contribution in [0.2, 0.25) is 10.0 Å². The Hall–Kier alpha value is -5.73. The largest absolute Gasteiger partial charge is 0.489 e. The van der Waals surface area contributed by atoms with E-state index < -0.39 is 12.1 Å². The van der Waals surface area contributed by atoms with E-state index in [4.69, 9.17) is 52.1 Å². The van der Waals surface area contributed by atoms with Gasteiger partial charge in [-0.15, -0.1) is 0 Å². The molecule has 0 radical (unpaired) electrons. The van der Waals surface area contributed by atoms with Crippen molar-refractivity contribution < 1.29 is 33.3 Å². The summed E-state index contributed by atoms with van der Waals surface area (Å²) in [5.41, 5.74) is 7.35. The Balaban J connectivity index is 0.938. The number of carbonyl (C=O) groups is 2. The van der Waals surface area contributed by atoms with Crippen LogP contribution in [-0.4, -0.2) is 54.9 Å². The van der Waals surface area contributed by atoms with E-state index in [1.165, 1.54) is 4.90 Å². The van der Waals surface area contributed by atoms with E-state index in [-0.39, 0.29) is 30.7 Å². The molecule has 0 saturated carbocycles. The summed E-state index contributed by atoms with van der Waals surface area (Å²) >= 11 is 12.2. The molecule has 3 aliphatic rings. The maximum atomic E-state index is 14.1. The Morgan fingerprint density at radius 1 is 0.864 bits per heavy atom. The van der Waals surface area contributed by atoms with Crippen molar-refractivity contribution in [2.24, 2.45) is 0 Å². The number of nitriles is 1. The molecule has 3 unspecified atom stereocenters. The number of amides is 2. The summed E-state index contributed by atoms with van der Waals surface area (Å²) in [5, 5.41) is 13.3. The molecule has 3 atom stereocenters. The van der Waals surface area contributed by atoms with Crippen LogP contribution in [-0.2, 0) is 40.3 Å². The monoisotopic (exact) mass is 831 g/mol. The molecular weight excluding hydrogens is 789 g/mol. The number of rotatable bonds is 10. The van der Waals surface area contributed by atoms with Crippen LogP contribution in [0.5, 0.6) is 17.2 Å². The van der Waals surface area contributed by atoms with Crippen LogP contribution < -0.4 is 19.5 Å². The van der Waals surface area contributed by atoms with Gasteiger partial charge >= 0.3 is 6.09 Å². The Morgan fingerprint density at radius 3 is 2.27 bits per heavy atom. The lowest BCUT2D eigenvalue weighted by Gasteiger charge is -2.38. The zero-order chi connectivity index (χ0) is 40.9. The number of ether oxygens (including phenoxy) is 5. The van der Waals surface area contributed by atoms with E-state index in [1.54, 1.807) is 24.3 Å². The number of hydrogen-bond donors (Lipinski definition) is 1. The second-order valence-electron chi connectivity index (χ2n) is 15.1. The van der Waals surface area contributed by atoms with Crippen molar-refractivity contribution in [2.45, 2.75) is 70.1 Å². The minimum absolute atomic E-state index is 0.173. The van der Waals surface area contributed by atoms with Gasteiger partial charge in [-0.3, -0.25) is 9.69 Å². The number of fused-ring (bicyclic) bond motifs is 2. The number of carbonyl (C=O) groups excluding carboxylic acids is 2. The van der Waals surface area contributed by atoms with Crippen molar-refractivity contribution in [2.75, 3.05) is 19.8 Å². The highest BCUT2D eigenvalue weighted by Gasteiger charge is 2.38. The molecule has 0 spiro atoms. The molecule has 5 aromatic rings. The Bertz CT molecular complexity index is 2340. The molecule has 59 heavy (non-hydrogen) atoms. The van der Waals surface area contributed by atoms with E-state index >= 15 is 0 Å². The molecule has 10 nitrogen and oxygen atoms in total. The molecular formula is C47H43Cl2N3O7. The van der Waals surface area contributed by atoms with E-state index in [9.17, 15) is 9.59 Å².